The molecule has 2 heteroatoms. The second-order valence-electron chi connectivity index (χ2n) is 6.68. The standard InChI is InChI=1S/C15H22O2/c1-8(2)10-5-6-15(4)9(3)12-13(10)11(15)7-17-14(12)16/h8,10-13H,3,5-7H2,1-2,4H3/t10?,11-,12-,13-,15-/m0/s1. The van der Waals surface area contributed by atoms with Crippen molar-refractivity contribution in [3.05, 3.63) is 12.2 Å². The van der Waals surface area contributed by atoms with E-state index in [1.807, 2.05) is 0 Å². The van der Waals surface area contributed by atoms with Crippen molar-refractivity contribution in [2.24, 2.45) is 35.0 Å². The van der Waals surface area contributed by atoms with Gasteiger partial charge in [0.25, 0.3) is 0 Å². The third-order valence-corrected chi connectivity index (χ3v) is 5.78. The van der Waals surface area contributed by atoms with E-state index in [2.05, 4.69) is 27.4 Å². The largest absolute Gasteiger partial charge is 0.465 e. The Balaban J connectivity index is 2.06. The van der Waals surface area contributed by atoms with Gasteiger partial charge in [-0.25, -0.2) is 0 Å². The molecule has 0 radical (unpaired) electrons. The van der Waals surface area contributed by atoms with Crippen LogP contribution in [0, 0.1) is 35.0 Å². The summed E-state index contributed by atoms with van der Waals surface area (Å²) in [5.41, 5.74) is 1.32. The quantitative estimate of drug-likeness (QED) is 0.515. The number of hydrogen-bond acceptors (Lipinski definition) is 2. The van der Waals surface area contributed by atoms with Crippen LogP contribution in [0.2, 0.25) is 0 Å². The molecule has 94 valence electrons. The molecule has 0 aromatic rings. The van der Waals surface area contributed by atoms with E-state index in [0.717, 1.165) is 5.57 Å². The third-order valence-electron chi connectivity index (χ3n) is 5.78. The molecule has 0 N–H and O–H groups in total. The Bertz CT molecular complexity index is 384. The molecule has 1 saturated heterocycles. The molecule has 5 atom stereocenters. The lowest BCUT2D eigenvalue weighted by Crippen LogP contribution is -2.44. The van der Waals surface area contributed by atoms with E-state index < -0.39 is 0 Å². The predicted molar refractivity (Wildman–Crippen MR) is 66.2 cm³/mol. The fourth-order valence-electron chi connectivity index (χ4n) is 4.67. The normalized spacial score (nSPS) is 48.5. The first-order valence-corrected chi connectivity index (χ1v) is 6.82. The van der Waals surface area contributed by atoms with E-state index in [1.54, 1.807) is 0 Å². The van der Waals surface area contributed by atoms with Crippen LogP contribution in [0.15, 0.2) is 12.2 Å². The summed E-state index contributed by atoms with van der Waals surface area (Å²) in [5, 5.41) is 0. The van der Waals surface area contributed by atoms with E-state index in [9.17, 15) is 4.79 Å². The van der Waals surface area contributed by atoms with Crippen molar-refractivity contribution >= 4 is 5.97 Å². The van der Waals surface area contributed by atoms with Gasteiger partial charge < -0.3 is 4.74 Å². The molecule has 3 aliphatic rings. The van der Waals surface area contributed by atoms with Crippen LogP contribution in [0.4, 0.5) is 0 Å². The summed E-state index contributed by atoms with van der Waals surface area (Å²) in [5.74, 6) is 2.35. The van der Waals surface area contributed by atoms with Crippen molar-refractivity contribution in [2.45, 2.75) is 33.6 Å². The highest BCUT2D eigenvalue weighted by Crippen LogP contribution is 2.65. The maximum Gasteiger partial charge on any atom is 0.313 e. The molecule has 0 spiro atoms. The summed E-state index contributed by atoms with van der Waals surface area (Å²) in [6.45, 7) is 11.7. The zero-order chi connectivity index (χ0) is 12.4. The van der Waals surface area contributed by atoms with Gasteiger partial charge in [-0.15, -0.1) is 0 Å². The lowest BCUT2D eigenvalue weighted by atomic mass is 9.61. The van der Waals surface area contributed by atoms with Crippen molar-refractivity contribution < 1.29 is 9.53 Å². The first-order chi connectivity index (χ1) is 7.97. The van der Waals surface area contributed by atoms with Gasteiger partial charge in [0, 0.05) is 5.92 Å². The van der Waals surface area contributed by atoms with Crippen molar-refractivity contribution in [3.63, 3.8) is 0 Å². The zero-order valence-corrected chi connectivity index (χ0v) is 11.0. The maximum atomic E-state index is 12.0. The van der Waals surface area contributed by atoms with Crippen molar-refractivity contribution in [3.8, 4) is 0 Å². The van der Waals surface area contributed by atoms with E-state index in [4.69, 9.17) is 4.74 Å². The minimum Gasteiger partial charge on any atom is -0.465 e. The Kier molecular flexibility index (Phi) is 2.24. The second kappa shape index (κ2) is 3.37. The summed E-state index contributed by atoms with van der Waals surface area (Å²) >= 11 is 0. The van der Waals surface area contributed by atoms with E-state index in [-0.39, 0.29) is 17.3 Å². The molecule has 1 aliphatic heterocycles. The Morgan fingerprint density at radius 3 is 2.82 bits per heavy atom. The summed E-state index contributed by atoms with van der Waals surface area (Å²) < 4.78 is 5.37. The second-order valence-corrected chi connectivity index (χ2v) is 6.68. The molecule has 4 bridgehead atoms. The van der Waals surface area contributed by atoms with E-state index in [0.29, 0.717) is 30.3 Å². The first-order valence-electron chi connectivity index (χ1n) is 6.82. The fourth-order valence-corrected chi connectivity index (χ4v) is 4.67. The van der Waals surface area contributed by atoms with Gasteiger partial charge >= 0.3 is 5.97 Å². The minimum atomic E-state index is -0.00692. The maximum absolute atomic E-state index is 12.0. The zero-order valence-electron chi connectivity index (χ0n) is 11.0. The number of cyclic esters (lactones) is 1. The highest BCUT2D eigenvalue weighted by atomic mass is 16.5. The molecule has 3 fully saturated rings. The molecule has 17 heavy (non-hydrogen) atoms. The van der Waals surface area contributed by atoms with Crippen molar-refractivity contribution in [2.75, 3.05) is 6.61 Å². The summed E-state index contributed by atoms with van der Waals surface area (Å²) in [7, 11) is 0. The third kappa shape index (κ3) is 1.24. The smallest absolute Gasteiger partial charge is 0.313 e. The van der Waals surface area contributed by atoms with Gasteiger partial charge in [0.05, 0.1) is 12.5 Å². The molecular weight excluding hydrogens is 212 g/mol. The van der Waals surface area contributed by atoms with Crippen LogP contribution in [0.5, 0.6) is 0 Å². The van der Waals surface area contributed by atoms with Crippen LogP contribution < -0.4 is 0 Å². The molecule has 2 nitrogen and oxygen atoms in total. The summed E-state index contributed by atoms with van der Waals surface area (Å²) in [6.07, 6.45) is 2.43. The van der Waals surface area contributed by atoms with Crippen molar-refractivity contribution in [1.82, 2.24) is 0 Å². The number of ether oxygens (including phenoxy) is 1. The minimum absolute atomic E-state index is 0.00588. The number of hydrogen-bond donors (Lipinski definition) is 0. The average Bonchev–Trinajstić information content (AvgIpc) is 2.35. The van der Waals surface area contributed by atoms with Gasteiger partial charge in [-0.1, -0.05) is 32.9 Å². The van der Waals surface area contributed by atoms with Gasteiger partial charge in [0.2, 0.25) is 0 Å². The van der Waals surface area contributed by atoms with Crippen LogP contribution in [-0.4, -0.2) is 12.6 Å². The number of esters is 1. The van der Waals surface area contributed by atoms with Crippen LogP contribution in [-0.2, 0) is 9.53 Å². The molecule has 0 aromatic carbocycles. The Morgan fingerprint density at radius 2 is 2.18 bits per heavy atom. The Labute approximate surface area is 103 Å². The number of carbonyl (C=O) groups excluding carboxylic acids is 1. The highest BCUT2D eigenvalue weighted by Gasteiger charge is 2.63. The van der Waals surface area contributed by atoms with E-state index >= 15 is 0 Å². The summed E-state index contributed by atoms with van der Waals surface area (Å²) in [6, 6.07) is 0. The average molecular weight is 234 g/mol. The molecule has 3 rings (SSSR count). The topological polar surface area (TPSA) is 26.3 Å². The van der Waals surface area contributed by atoms with Crippen LogP contribution in [0.1, 0.15) is 33.6 Å². The molecule has 0 aromatic heterocycles. The molecule has 1 unspecified atom stereocenters. The van der Waals surface area contributed by atoms with Crippen LogP contribution >= 0.6 is 0 Å². The van der Waals surface area contributed by atoms with Gasteiger partial charge in [0.1, 0.15) is 0 Å². The van der Waals surface area contributed by atoms with Gasteiger partial charge in [-0.2, -0.15) is 0 Å². The monoisotopic (exact) mass is 234 g/mol. The van der Waals surface area contributed by atoms with Crippen LogP contribution in [0.3, 0.4) is 0 Å². The Hall–Kier alpha value is -0.790. The van der Waals surface area contributed by atoms with Gasteiger partial charge in [0.15, 0.2) is 0 Å². The van der Waals surface area contributed by atoms with Gasteiger partial charge in [-0.3, -0.25) is 4.79 Å². The lowest BCUT2D eigenvalue weighted by Gasteiger charge is -2.45. The van der Waals surface area contributed by atoms with Crippen LogP contribution in [0.25, 0.3) is 0 Å². The summed E-state index contributed by atoms with van der Waals surface area (Å²) in [4.78, 5) is 12.0. The van der Waals surface area contributed by atoms with E-state index in [1.165, 1.54) is 12.8 Å². The lowest BCUT2D eigenvalue weighted by molar-refractivity contribution is -0.161. The van der Waals surface area contributed by atoms with Gasteiger partial charge in [-0.05, 0) is 36.0 Å². The fraction of sp³-hybridized carbons (Fsp3) is 0.800. The first kappa shape index (κ1) is 11.3. The Morgan fingerprint density at radius 1 is 1.47 bits per heavy atom. The molecular formula is C15H22O2. The highest BCUT2D eigenvalue weighted by molar-refractivity contribution is 5.79. The molecule has 1 heterocycles. The molecule has 2 aliphatic carbocycles. The number of rotatable bonds is 1. The molecule has 2 saturated carbocycles. The predicted octanol–water partition coefficient (Wildman–Crippen LogP) is 3.03. The molecule has 0 amide bonds. The number of carbonyl (C=O) groups is 1. The van der Waals surface area contributed by atoms with Crippen molar-refractivity contribution in [1.29, 1.82) is 0 Å². The SMILES string of the molecule is C=C1[C@@H]2C(=O)OC[C@H]3[C@@H]2C(C(C)C)CC[C@@]13C.